The van der Waals surface area contributed by atoms with Gasteiger partial charge in [-0.3, -0.25) is 9.59 Å². The molecule has 5 rings (SSSR count). The molecule has 0 spiro atoms. The number of carbonyl (C=O) groups is 2. The Kier molecular flexibility index (Phi) is 15.9. The van der Waals surface area contributed by atoms with Crippen LogP contribution >= 0.6 is 0 Å². The van der Waals surface area contributed by atoms with Gasteiger partial charge in [-0.1, -0.05) is 60.7 Å². The Morgan fingerprint density at radius 2 is 1.05 bits per heavy atom. The number of ether oxygens (including phenoxy) is 8. The molecule has 0 saturated carbocycles. The fraction of sp³-hybridized carbons (Fsp3) is 0.622. The highest BCUT2D eigenvalue weighted by Gasteiger charge is 2.54. The summed E-state index contributed by atoms with van der Waals surface area (Å²) in [4.78, 5) is 24.4. The number of aliphatic hydroxyl groups is 6. The Bertz CT molecular complexity index is 1480. The Morgan fingerprint density at radius 1 is 0.600 bits per heavy atom. The molecule has 0 bridgehead atoms. The van der Waals surface area contributed by atoms with Crippen LogP contribution in [0.15, 0.2) is 60.7 Å². The highest BCUT2D eigenvalue weighted by atomic mass is 16.8. The van der Waals surface area contributed by atoms with Gasteiger partial charge in [0, 0.05) is 21.0 Å². The van der Waals surface area contributed by atoms with Crippen LogP contribution in [0.1, 0.15) is 25.0 Å². The summed E-state index contributed by atoms with van der Waals surface area (Å²) in [5.74, 6) is -1.11. The van der Waals surface area contributed by atoms with Crippen molar-refractivity contribution < 1.29 is 78.1 Å². The zero-order valence-electron chi connectivity index (χ0n) is 30.7. The molecule has 15 atom stereocenters. The molecule has 15 unspecified atom stereocenters. The van der Waals surface area contributed by atoms with Crippen LogP contribution in [0.2, 0.25) is 0 Å². The summed E-state index contributed by atoms with van der Waals surface area (Å²) in [5.41, 5.74) is 1.56. The van der Waals surface area contributed by atoms with Crippen LogP contribution in [-0.4, -0.2) is 161 Å². The Balaban J connectivity index is 1.52. The van der Waals surface area contributed by atoms with Gasteiger partial charge in [0.1, 0.15) is 73.1 Å². The number of hydrogen-bond donors (Lipinski definition) is 8. The minimum atomic E-state index is -1.63. The highest BCUT2D eigenvalue weighted by Crippen LogP contribution is 2.34. The monoisotopic (exact) mass is 780 g/mol. The van der Waals surface area contributed by atoms with Gasteiger partial charge >= 0.3 is 0 Å². The predicted octanol–water partition coefficient (Wildman–Crippen LogP) is -2.18. The van der Waals surface area contributed by atoms with Crippen LogP contribution in [-0.2, 0) is 60.7 Å². The quantitative estimate of drug-likeness (QED) is 0.0902. The second-order valence-electron chi connectivity index (χ2n) is 13.6. The molecule has 2 aromatic rings. The van der Waals surface area contributed by atoms with Crippen molar-refractivity contribution in [2.24, 2.45) is 0 Å². The minimum absolute atomic E-state index is 0.0153. The molecular formula is C37H52N2O16. The van der Waals surface area contributed by atoms with Crippen molar-refractivity contribution in [2.75, 3.05) is 26.9 Å². The molecule has 0 aliphatic carbocycles. The first-order valence-corrected chi connectivity index (χ1v) is 18.0. The summed E-state index contributed by atoms with van der Waals surface area (Å²) in [6.45, 7) is 0.777. The van der Waals surface area contributed by atoms with Gasteiger partial charge in [-0.15, -0.1) is 0 Å². The summed E-state index contributed by atoms with van der Waals surface area (Å²) in [6, 6.07) is 15.8. The third kappa shape index (κ3) is 10.8. The first-order valence-electron chi connectivity index (χ1n) is 18.0. The molecule has 306 valence electrons. The molecular weight excluding hydrogens is 728 g/mol. The maximum atomic E-state index is 12.3. The lowest BCUT2D eigenvalue weighted by atomic mass is 9.95. The summed E-state index contributed by atoms with van der Waals surface area (Å²) in [6.07, 6.45) is -17.5. The van der Waals surface area contributed by atoms with Gasteiger partial charge in [-0.05, 0) is 11.1 Å². The highest BCUT2D eigenvalue weighted by molar-refractivity contribution is 5.73. The fourth-order valence-electron chi connectivity index (χ4n) is 6.81. The molecule has 3 saturated heterocycles. The van der Waals surface area contributed by atoms with E-state index in [1.165, 1.54) is 21.0 Å². The number of nitrogens with one attached hydrogen (secondary N) is 2. The molecule has 3 heterocycles. The van der Waals surface area contributed by atoms with E-state index in [1.807, 2.05) is 60.7 Å². The fourth-order valence-corrected chi connectivity index (χ4v) is 6.81. The van der Waals surface area contributed by atoms with Crippen LogP contribution in [0, 0.1) is 0 Å². The average Bonchev–Trinajstić information content (AvgIpc) is 3.18. The Labute approximate surface area is 318 Å². The van der Waals surface area contributed by atoms with Gasteiger partial charge in [0.15, 0.2) is 18.9 Å². The molecule has 3 fully saturated rings. The minimum Gasteiger partial charge on any atom is -0.394 e. The van der Waals surface area contributed by atoms with Crippen molar-refractivity contribution in [1.29, 1.82) is 0 Å². The van der Waals surface area contributed by atoms with E-state index in [0.717, 1.165) is 11.1 Å². The number of hydrogen-bond acceptors (Lipinski definition) is 16. The molecule has 55 heavy (non-hydrogen) atoms. The first kappa shape index (κ1) is 43.0. The van der Waals surface area contributed by atoms with Gasteiger partial charge in [-0.25, -0.2) is 0 Å². The number of benzene rings is 2. The van der Waals surface area contributed by atoms with Gasteiger partial charge in [0.25, 0.3) is 0 Å². The zero-order valence-corrected chi connectivity index (χ0v) is 30.7. The Hall–Kier alpha value is -3.18. The lowest BCUT2D eigenvalue weighted by Gasteiger charge is -2.49. The summed E-state index contributed by atoms with van der Waals surface area (Å²) in [5, 5.41) is 68.2. The van der Waals surface area contributed by atoms with E-state index < -0.39 is 117 Å². The third-order valence-corrected chi connectivity index (χ3v) is 9.61. The smallest absolute Gasteiger partial charge is 0.217 e. The Morgan fingerprint density at radius 3 is 1.53 bits per heavy atom. The largest absolute Gasteiger partial charge is 0.394 e. The lowest BCUT2D eigenvalue weighted by Crippen LogP contribution is -2.68. The van der Waals surface area contributed by atoms with Crippen LogP contribution in [0.25, 0.3) is 0 Å². The third-order valence-electron chi connectivity index (χ3n) is 9.61. The van der Waals surface area contributed by atoms with Gasteiger partial charge in [-0.2, -0.15) is 0 Å². The number of aliphatic hydroxyl groups excluding tert-OH is 6. The van der Waals surface area contributed by atoms with Crippen LogP contribution in [0.4, 0.5) is 0 Å². The number of amides is 2. The van der Waals surface area contributed by atoms with E-state index >= 15 is 0 Å². The molecule has 0 radical (unpaired) electrons. The van der Waals surface area contributed by atoms with E-state index in [4.69, 9.17) is 37.9 Å². The SMILES string of the molecule is COC1OC(COC2OC(CO)C(O)C(O)C2NC(C)=O)C(OCc2ccccc2)C(OC2OC(CO)C(O)C(O)C2NC(C)=O)C1OCc1ccccc1. The van der Waals surface area contributed by atoms with Crippen molar-refractivity contribution in [1.82, 2.24) is 10.6 Å². The molecule has 0 aromatic heterocycles. The molecule has 18 nitrogen and oxygen atoms in total. The van der Waals surface area contributed by atoms with E-state index in [1.54, 1.807) is 0 Å². The topological polar surface area (TPSA) is 253 Å². The molecule has 18 heteroatoms. The second kappa shape index (κ2) is 20.3. The molecule has 2 aromatic carbocycles. The normalized spacial score (nSPS) is 36.6. The summed E-state index contributed by atoms with van der Waals surface area (Å²) < 4.78 is 49.6. The second-order valence-corrected chi connectivity index (χ2v) is 13.6. The van der Waals surface area contributed by atoms with E-state index in [2.05, 4.69) is 10.6 Å². The molecule has 2 amide bonds. The number of methoxy groups -OCH3 is 1. The van der Waals surface area contributed by atoms with Crippen molar-refractivity contribution in [3.8, 4) is 0 Å². The zero-order chi connectivity index (χ0) is 39.6. The summed E-state index contributed by atoms with van der Waals surface area (Å²) >= 11 is 0. The maximum absolute atomic E-state index is 12.3. The van der Waals surface area contributed by atoms with Crippen molar-refractivity contribution >= 4 is 11.8 Å². The summed E-state index contributed by atoms with van der Waals surface area (Å²) in [7, 11) is 1.38. The predicted molar refractivity (Wildman–Crippen MR) is 187 cm³/mol. The van der Waals surface area contributed by atoms with Crippen LogP contribution < -0.4 is 10.6 Å². The van der Waals surface area contributed by atoms with Gasteiger partial charge in [0.2, 0.25) is 11.8 Å². The lowest BCUT2D eigenvalue weighted by molar-refractivity contribution is -0.362. The van der Waals surface area contributed by atoms with Crippen LogP contribution in [0.5, 0.6) is 0 Å². The van der Waals surface area contributed by atoms with E-state index in [0.29, 0.717) is 0 Å². The number of rotatable bonds is 16. The van der Waals surface area contributed by atoms with Crippen molar-refractivity contribution in [3.63, 3.8) is 0 Å². The van der Waals surface area contributed by atoms with Gasteiger partial charge < -0.3 is 79.2 Å². The standard InChI is InChI=1S/C37H52N2O16/c1-19(42)38-26-30(46)28(44)23(14-40)52-35(26)51-18-25-32(49-16-21-10-6-4-7-11-21)33(34(37(48-3)54-25)50-17-22-12-8-5-9-13-22)55-36-27(39-20(2)43)31(47)29(45)24(15-41)53-36/h4-13,23-37,40-41,44-47H,14-18H2,1-3H3,(H,38,42)(H,39,43). The van der Waals surface area contributed by atoms with Gasteiger partial charge in [0.05, 0.1) is 33.0 Å². The van der Waals surface area contributed by atoms with Crippen molar-refractivity contribution in [2.45, 2.75) is 119 Å². The molecule has 3 aliphatic heterocycles. The van der Waals surface area contributed by atoms with E-state index in [-0.39, 0.29) is 19.8 Å². The first-order chi connectivity index (χ1) is 26.4. The van der Waals surface area contributed by atoms with E-state index in [9.17, 15) is 40.2 Å². The van der Waals surface area contributed by atoms with Crippen LogP contribution in [0.3, 0.4) is 0 Å². The number of carbonyl (C=O) groups excluding carboxylic acids is 2. The molecule has 3 aliphatic rings. The maximum Gasteiger partial charge on any atom is 0.217 e. The van der Waals surface area contributed by atoms with Crippen molar-refractivity contribution in [3.05, 3.63) is 71.8 Å². The molecule has 8 N–H and O–H groups in total. The average molecular weight is 781 g/mol.